The van der Waals surface area contributed by atoms with Gasteiger partial charge in [-0.25, -0.2) is 0 Å². The molecule has 2 rings (SSSR count). The molecule has 0 saturated carbocycles. The molecule has 0 saturated heterocycles. The molecule has 0 aliphatic rings. The van der Waals surface area contributed by atoms with E-state index in [1.165, 1.54) is 16.0 Å². The smallest absolute Gasteiger partial charge is 0.0537 e. The van der Waals surface area contributed by atoms with Crippen LogP contribution in [-0.2, 0) is 20.0 Å². The average molecular weight is 249 g/mol. The summed E-state index contributed by atoms with van der Waals surface area (Å²) in [6.07, 6.45) is 5.10. The minimum atomic E-state index is 0.343. The van der Waals surface area contributed by atoms with Crippen LogP contribution in [0.4, 0.5) is 0 Å². The van der Waals surface area contributed by atoms with Crippen LogP contribution in [-0.4, -0.2) is 9.78 Å². The largest absolute Gasteiger partial charge is 0.305 e. The second-order valence-electron chi connectivity index (χ2n) is 4.27. The Balaban J connectivity index is 1.94. The van der Waals surface area contributed by atoms with E-state index >= 15 is 0 Å². The highest BCUT2D eigenvalue weighted by atomic mass is 32.1. The van der Waals surface area contributed by atoms with Gasteiger partial charge in [-0.1, -0.05) is 6.92 Å². The zero-order valence-corrected chi connectivity index (χ0v) is 11.4. The van der Waals surface area contributed by atoms with Crippen molar-refractivity contribution >= 4 is 11.3 Å². The molecule has 4 heteroatoms. The number of hydrogen-bond acceptors (Lipinski definition) is 3. The zero-order valence-electron chi connectivity index (χ0n) is 10.6. The molecular weight excluding hydrogens is 230 g/mol. The molecule has 0 aliphatic carbocycles. The van der Waals surface area contributed by atoms with E-state index in [0.29, 0.717) is 6.04 Å². The SMILES string of the molecule is CCc1ccsc1CNC(C)c1cnn(C)c1. The molecule has 0 aliphatic heterocycles. The summed E-state index contributed by atoms with van der Waals surface area (Å²) in [5.74, 6) is 0. The predicted molar refractivity (Wildman–Crippen MR) is 72.2 cm³/mol. The highest BCUT2D eigenvalue weighted by molar-refractivity contribution is 7.10. The summed E-state index contributed by atoms with van der Waals surface area (Å²) in [6, 6.07) is 2.56. The average Bonchev–Trinajstić information content (AvgIpc) is 2.94. The molecule has 0 spiro atoms. The lowest BCUT2D eigenvalue weighted by Crippen LogP contribution is -2.17. The Bertz CT molecular complexity index is 472. The standard InChI is InChI=1S/C13H19N3S/c1-4-11-5-6-17-13(11)8-14-10(2)12-7-15-16(3)9-12/h5-7,9-10,14H,4,8H2,1-3H3. The molecular formula is C13H19N3S. The van der Waals surface area contributed by atoms with Gasteiger partial charge in [-0.15, -0.1) is 11.3 Å². The fourth-order valence-electron chi connectivity index (χ4n) is 1.86. The maximum atomic E-state index is 4.20. The van der Waals surface area contributed by atoms with E-state index in [0.717, 1.165) is 13.0 Å². The van der Waals surface area contributed by atoms with Crippen molar-refractivity contribution in [2.45, 2.75) is 32.9 Å². The maximum absolute atomic E-state index is 4.20. The second-order valence-corrected chi connectivity index (χ2v) is 5.27. The van der Waals surface area contributed by atoms with E-state index < -0.39 is 0 Å². The number of thiophene rings is 1. The van der Waals surface area contributed by atoms with Crippen LogP contribution in [0.15, 0.2) is 23.8 Å². The number of rotatable bonds is 5. The van der Waals surface area contributed by atoms with E-state index in [9.17, 15) is 0 Å². The zero-order chi connectivity index (χ0) is 12.3. The van der Waals surface area contributed by atoms with Crippen LogP contribution in [0.25, 0.3) is 0 Å². The third kappa shape index (κ3) is 2.96. The van der Waals surface area contributed by atoms with Crippen molar-refractivity contribution in [3.63, 3.8) is 0 Å². The number of nitrogens with one attached hydrogen (secondary N) is 1. The molecule has 1 unspecified atom stereocenters. The molecule has 0 amide bonds. The third-order valence-electron chi connectivity index (χ3n) is 3.01. The molecule has 1 N–H and O–H groups in total. The Hall–Kier alpha value is -1.13. The Kier molecular flexibility index (Phi) is 3.97. The molecule has 2 heterocycles. The molecule has 0 bridgehead atoms. The molecule has 92 valence electrons. The Morgan fingerprint density at radius 3 is 3.00 bits per heavy atom. The molecule has 2 aromatic heterocycles. The van der Waals surface area contributed by atoms with Gasteiger partial charge in [0.1, 0.15) is 0 Å². The van der Waals surface area contributed by atoms with Crippen molar-refractivity contribution in [3.05, 3.63) is 39.8 Å². The number of aromatic nitrogens is 2. The van der Waals surface area contributed by atoms with Crippen LogP contribution in [0, 0.1) is 0 Å². The molecule has 3 nitrogen and oxygen atoms in total. The third-order valence-corrected chi connectivity index (χ3v) is 3.98. The van der Waals surface area contributed by atoms with Crippen LogP contribution in [0.3, 0.4) is 0 Å². The first kappa shape index (κ1) is 12.3. The van der Waals surface area contributed by atoms with Crippen LogP contribution >= 0.6 is 11.3 Å². The number of aryl methyl sites for hydroxylation is 2. The van der Waals surface area contributed by atoms with E-state index in [2.05, 4.69) is 41.9 Å². The van der Waals surface area contributed by atoms with Crippen molar-refractivity contribution < 1.29 is 0 Å². The van der Waals surface area contributed by atoms with Gasteiger partial charge >= 0.3 is 0 Å². The number of nitrogens with zero attached hydrogens (tertiary/aromatic N) is 2. The van der Waals surface area contributed by atoms with Gasteiger partial charge in [-0.3, -0.25) is 4.68 Å². The molecule has 1 atom stereocenters. The first-order chi connectivity index (χ1) is 8.20. The summed E-state index contributed by atoms with van der Waals surface area (Å²) in [7, 11) is 1.95. The van der Waals surface area contributed by atoms with Crippen molar-refractivity contribution in [1.82, 2.24) is 15.1 Å². The van der Waals surface area contributed by atoms with Gasteiger partial charge in [-0.2, -0.15) is 5.10 Å². The first-order valence-electron chi connectivity index (χ1n) is 5.98. The molecule has 0 radical (unpaired) electrons. The van der Waals surface area contributed by atoms with Gasteiger partial charge in [-0.05, 0) is 30.4 Å². The lowest BCUT2D eigenvalue weighted by Gasteiger charge is -2.11. The lowest BCUT2D eigenvalue weighted by molar-refractivity contribution is 0.576. The monoisotopic (exact) mass is 249 g/mol. The quantitative estimate of drug-likeness (QED) is 0.883. The van der Waals surface area contributed by atoms with Crippen molar-refractivity contribution in [2.75, 3.05) is 0 Å². The minimum absolute atomic E-state index is 0.343. The van der Waals surface area contributed by atoms with Crippen LogP contribution in [0.1, 0.15) is 35.9 Å². The second kappa shape index (κ2) is 5.47. The Labute approximate surface area is 106 Å². The summed E-state index contributed by atoms with van der Waals surface area (Å²) in [4.78, 5) is 1.45. The van der Waals surface area contributed by atoms with Gasteiger partial charge in [0.05, 0.1) is 6.20 Å². The lowest BCUT2D eigenvalue weighted by atomic mass is 10.1. The normalized spacial score (nSPS) is 12.9. The maximum Gasteiger partial charge on any atom is 0.0537 e. The fourth-order valence-corrected chi connectivity index (χ4v) is 2.79. The molecule has 2 aromatic rings. The Morgan fingerprint density at radius 2 is 2.35 bits per heavy atom. The van der Waals surface area contributed by atoms with Crippen LogP contribution in [0.2, 0.25) is 0 Å². The van der Waals surface area contributed by atoms with Gasteiger partial charge < -0.3 is 5.32 Å². The van der Waals surface area contributed by atoms with Crippen LogP contribution in [0.5, 0.6) is 0 Å². The molecule has 0 aromatic carbocycles. The minimum Gasteiger partial charge on any atom is -0.305 e. The van der Waals surface area contributed by atoms with Crippen LogP contribution < -0.4 is 5.32 Å². The highest BCUT2D eigenvalue weighted by Crippen LogP contribution is 2.19. The Morgan fingerprint density at radius 1 is 1.53 bits per heavy atom. The summed E-state index contributed by atoms with van der Waals surface area (Å²) in [5.41, 5.74) is 2.70. The predicted octanol–water partition coefficient (Wildman–Crippen LogP) is 2.89. The summed E-state index contributed by atoms with van der Waals surface area (Å²) >= 11 is 1.83. The van der Waals surface area contributed by atoms with Gasteiger partial charge in [0.25, 0.3) is 0 Å². The van der Waals surface area contributed by atoms with Gasteiger partial charge in [0.15, 0.2) is 0 Å². The summed E-state index contributed by atoms with van der Waals surface area (Å²) < 4.78 is 1.84. The van der Waals surface area contributed by atoms with Crippen molar-refractivity contribution in [1.29, 1.82) is 0 Å². The van der Waals surface area contributed by atoms with E-state index in [-0.39, 0.29) is 0 Å². The summed E-state index contributed by atoms with van der Waals surface area (Å²) in [5, 5.41) is 9.91. The topological polar surface area (TPSA) is 29.9 Å². The van der Waals surface area contributed by atoms with E-state index in [1.54, 1.807) is 0 Å². The highest BCUT2D eigenvalue weighted by Gasteiger charge is 2.08. The van der Waals surface area contributed by atoms with Crippen molar-refractivity contribution in [2.24, 2.45) is 7.05 Å². The fraction of sp³-hybridized carbons (Fsp3) is 0.462. The first-order valence-corrected chi connectivity index (χ1v) is 6.85. The van der Waals surface area contributed by atoms with Crippen molar-refractivity contribution in [3.8, 4) is 0 Å². The molecule has 0 fully saturated rings. The van der Waals surface area contributed by atoms with Gasteiger partial charge in [0.2, 0.25) is 0 Å². The summed E-state index contributed by atoms with van der Waals surface area (Å²) in [6.45, 7) is 5.32. The van der Waals surface area contributed by atoms with E-state index in [1.807, 2.05) is 29.3 Å². The van der Waals surface area contributed by atoms with E-state index in [4.69, 9.17) is 0 Å². The number of hydrogen-bond donors (Lipinski definition) is 1. The van der Waals surface area contributed by atoms with Gasteiger partial charge in [0, 0.05) is 36.3 Å². The molecule has 17 heavy (non-hydrogen) atoms.